The number of benzene rings is 2. The van der Waals surface area contributed by atoms with Crippen molar-refractivity contribution in [3.63, 3.8) is 0 Å². The number of aliphatic hydroxyl groups is 2. The van der Waals surface area contributed by atoms with Crippen molar-refractivity contribution in [3.05, 3.63) is 74.0 Å². The second kappa shape index (κ2) is 8.29. The highest BCUT2D eigenvalue weighted by Crippen LogP contribution is 2.21. The van der Waals surface area contributed by atoms with Crippen LogP contribution in [0.3, 0.4) is 0 Å². The van der Waals surface area contributed by atoms with Gasteiger partial charge >= 0.3 is 0 Å². The minimum Gasteiger partial charge on any atom is -0.395 e. The fourth-order valence-corrected chi connectivity index (χ4v) is 2.63. The van der Waals surface area contributed by atoms with E-state index in [-0.39, 0.29) is 18.8 Å². The van der Waals surface area contributed by atoms with Crippen LogP contribution in [0, 0.1) is 15.9 Å². The zero-order valence-corrected chi connectivity index (χ0v) is 14.1. The predicted octanol–water partition coefficient (Wildman–Crippen LogP) is 2.68. The van der Waals surface area contributed by atoms with Crippen LogP contribution in [0.4, 0.5) is 10.1 Å². The molecule has 0 aliphatic heterocycles. The van der Waals surface area contributed by atoms with Gasteiger partial charge in [0.05, 0.1) is 23.7 Å². The first-order valence-corrected chi connectivity index (χ1v) is 7.92. The van der Waals surface area contributed by atoms with E-state index in [9.17, 15) is 24.7 Å². The van der Waals surface area contributed by atoms with Crippen molar-refractivity contribution < 1.29 is 19.5 Å². The molecule has 2 aromatic carbocycles. The van der Waals surface area contributed by atoms with Gasteiger partial charge in [-0.3, -0.25) is 10.1 Å². The highest BCUT2D eigenvalue weighted by Gasteiger charge is 2.21. The second-order valence-electron chi connectivity index (χ2n) is 5.20. The van der Waals surface area contributed by atoms with Crippen LogP contribution in [0.15, 0.2) is 46.9 Å². The monoisotopic (exact) mass is 398 g/mol. The molecule has 0 aliphatic carbocycles. The van der Waals surface area contributed by atoms with Crippen LogP contribution in [0.2, 0.25) is 0 Å². The molecule has 0 amide bonds. The van der Waals surface area contributed by atoms with Crippen molar-refractivity contribution in [2.45, 2.75) is 18.7 Å². The van der Waals surface area contributed by atoms with E-state index in [1.54, 1.807) is 12.1 Å². The molecule has 0 bridgehead atoms. The van der Waals surface area contributed by atoms with E-state index < -0.39 is 22.9 Å². The van der Waals surface area contributed by atoms with Crippen molar-refractivity contribution >= 4 is 21.6 Å². The molecule has 2 unspecified atom stereocenters. The largest absolute Gasteiger partial charge is 0.395 e. The summed E-state index contributed by atoms with van der Waals surface area (Å²) in [5, 5.41) is 33.3. The van der Waals surface area contributed by atoms with Gasteiger partial charge < -0.3 is 15.5 Å². The molecule has 128 valence electrons. The number of halogens is 2. The smallest absolute Gasteiger partial charge is 0.269 e. The molecular weight excluding hydrogens is 383 g/mol. The molecule has 0 radical (unpaired) electrons. The van der Waals surface area contributed by atoms with E-state index in [0.29, 0.717) is 11.1 Å². The lowest BCUT2D eigenvalue weighted by atomic mass is 10.0. The molecular formula is C16H16BrFN2O4. The van der Waals surface area contributed by atoms with E-state index in [1.165, 1.54) is 30.3 Å². The Bertz CT molecular complexity index is 712. The highest BCUT2D eigenvalue weighted by atomic mass is 79.9. The highest BCUT2D eigenvalue weighted by molar-refractivity contribution is 9.10. The zero-order chi connectivity index (χ0) is 17.7. The standard InChI is InChI=1S/C16H16BrFN2O4/c17-12-3-6-14(18)11(7-12)8-19-15(9-21)16(22)10-1-4-13(5-2-10)20(23)24/h1-7,15-16,19,21-22H,8-9H2. The molecule has 0 spiro atoms. The first-order valence-electron chi connectivity index (χ1n) is 7.13. The van der Waals surface area contributed by atoms with E-state index in [0.717, 1.165) is 4.47 Å². The molecule has 0 heterocycles. The molecule has 0 fully saturated rings. The first-order chi connectivity index (χ1) is 11.4. The number of non-ortho nitro benzene ring substituents is 1. The summed E-state index contributed by atoms with van der Waals surface area (Å²) in [5.41, 5.74) is 0.719. The summed E-state index contributed by atoms with van der Waals surface area (Å²) in [6.07, 6.45) is -1.09. The van der Waals surface area contributed by atoms with Gasteiger partial charge in [0, 0.05) is 28.7 Å². The topological polar surface area (TPSA) is 95.6 Å². The maximum atomic E-state index is 13.7. The van der Waals surface area contributed by atoms with Crippen LogP contribution in [-0.2, 0) is 6.54 Å². The lowest BCUT2D eigenvalue weighted by Crippen LogP contribution is -2.37. The summed E-state index contributed by atoms with van der Waals surface area (Å²) < 4.78 is 14.4. The number of nitrogens with one attached hydrogen (secondary N) is 1. The van der Waals surface area contributed by atoms with Crippen molar-refractivity contribution in [2.75, 3.05) is 6.61 Å². The van der Waals surface area contributed by atoms with Crippen LogP contribution >= 0.6 is 15.9 Å². The third kappa shape index (κ3) is 4.57. The minimum absolute atomic E-state index is 0.0873. The summed E-state index contributed by atoms with van der Waals surface area (Å²) in [6, 6.07) is 9.16. The summed E-state index contributed by atoms with van der Waals surface area (Å²) in [5.74, 6) is -0.396. The number of aliphatic hydroxyl groups excluding tert-OH is 2. The summed E-state index contributed by atoms with van der Waals surface area (Å²) >= 11 is 3.26. The third-order valence-electron chi connectivity index (χ3n) is 3.59. The van der Waals surface area contributed by atoms with Crippen molar-refractivity contribution in [1.29, 1.82) is 0 Å². The fourth-order valence-electron chi connectivity index (χ4n) is 2.22. The van der Waals surface area contributed by atoms with E-state index >= 15 is 0 Å². The number of hydrogen-bond donors (Lipinski definition) is 3. The maximum Gasteiger partial charge on any atom is 0.269 e. The first kappa shape index (κ1) is 18.5. The van der Waals surface area contributed by atoms with E-state index in [2.05, 4.69) is 21.2 Å². The molecule has 2 rings (SSSR count). The van der Waals surface area contributed by atoms with Crippen LogP contribution < -0.4 is 5.32 Å². The van der Waals surface area contributed by atoms with Crippen molar-refractivity contribution in [1.82, 2.24) is 5.32 Å². The number of nitro groups is 1. The normalized spacial score (nSPS) is 13.5. The van der Waals surface area contributed by atoms with Crippen molar-refractivity contribution in [2.24, 2.45) is 0 Å². The summed E-state index contributed by atoms with van der Waals surface area (Å²) in [4.78, 5) is 10.1. The molecule has 24 heavy (non-hydrogen) atoms. The van der Waals surface area contributed by atoms with Gasteiger partial charge in [0.15, 0.2) is 0 Å². The number of rotatable bonds is 7. The number of hydrogen-bond acceptors (Lipinski definition) is 5. The molecule has 0 saturated carbocycles. The molecule has 3 N–H and O–H groups in total. The Hall–Kier alpha value is -1.87. The molecule has 2 atom stereocenters. The Balaban J connectivity index is 2.07. The quantitative estimate of drug-likeness (QED) is 0.492. The summed E-state index contributed by atoms with van der Waals surface area (Å²) in [7, 11) is 0. The Kier molecular flexibility index (Phi) is 6.38. The Morgan fingerprint density at radius 2 is 1.92 bits per heavy atom. The Labute approximate surface area is 146 Å². The van der Waals surface area contributed by atoms with Gasteiger partial charge in [-0.1, -0.05) is 15.9 Å². The molecule has 8 heteroatoms. The van der Waals surface area contributed by atoms with Crippen LogP contribution in [-0.4, -0.2) is 27.8 Å². The minimum atomic E-state index is -1.09. The molecule has 6 nitrogen and oxygen atoms in total. The van der Waals surface area contributed by atoms with Gasteiger partial charge in [-0.25, -0.2) is 4.39 Å². The second-order valence-corrected chi connectivity index (χ2v) is 6.11. The Morgan fingerprint density at radius 1 is 1.25 bits per heavy atom. The molecule has 0 aliphatic rings. The van der Waals surface area contributed by atoms with Crippen LogP contribution in [0.25, 0.3) is 0 Å². The van der Waals surface area contributed by atoms with Gasteiger partial charge in [-0.05, 0) is 35.9 Å². The van der Waals surface area contributed by atoms with Gasteiger partial charge in [-0.2, -0.15) is 0 Å². The third-order valence-corrected chi connectivity index (χ3v) is 4.08. The number of nitrogens with zero attached hydrogens (tertiary/aromatic N) is 1. The average Bonchev–Trinajstić information content (AvgIpc) is 2.58. The van der Waals surface area contributed by atoms with Gasteiger partial charge in [0.2, 0.25) is 0 Å². The Morgan fingerprint density at radius 3 is 2.50 bits per heavy atom. The molecule has 2 aromatic rings. The maximum absolute atomic E-state index is 13.7. The average molecular weight is 399 g/mol. The molecule has 0 saturated heterocycles. The number of nitro benzene ring substituents is 1. The zero-order valence-electron chi connectivity index (χ0n) is 12.5. The summed E-state index contributed by atoms with van der Waals surface area (Å²) in [6.45, 7) is -0.270. The lowest BCUT2D eigenvalue weighted by molar-refractivity contribution is -0.384. The lowest BCUT2D eigenvalue weighted by Gasteiger charge is -2.23. The SMILES string of the molecule is O=[N+]([O-])c1ccc(C(O)C(CO)NCc2cc(Br)ccc2F)cc1. The van der Waals surface area contributed by atoms with Gasteiger partial charge in [0.25, 0.3) is 5.69 Å². The van der Waals surface area contributed by atoms with Crippen LogP contribution in [0.1, 0.15) is 17.2 Å². The fraction of sp³-hybridized carbons (Fsp3) is 0.250. The molecule has 0 aromatic heterocycles. The van der Waals surface area contributed by atoms with E-state index in [4.69, 9.17) is 0 Å². The van der Waals surface area contributed by atoms with Gasteiger partial charge in [-0.15, -0.1) is 0 Å². The van der Waals surface area contributed by atoms with Crippen molar-refractivity contribution in [3.8, 4) is 0 Å². The van der Waals surface area contributed by atoms with Gasteiger partial charge in [0.1, 0.15) is 5.82 Å². The van der Waals surface area contributed by atoms with Crippen LogP contribution in [0.5, 0.6) is 0 Å². The van der Waals surface area contributed by atoms with E-state index in [1.807, 2.05) is 0 Å². The predicted molar refractivity (Wildman–Crippen MR) is 89.9 cm³/mol.